The maximum atomic E-state index is 14.4. The predicted octanol–water partition coefficient (Wildman–Crippen LogP) is 3.72. The standard InChI is InChI=1S/C20H17F2NO3/c1-4-26-20(25)15-10-23(12-6-7-12)18-13(8-5-11(2)3)17(22)16(21)9-14(18)19(15)24/h9-10,12H,2,4,6-7H2,1,3H3. The largest absolute Gasteiger partial charge is 0.462 e. The Labute approximate surface area is 149 Å². The summed E-state index contributed by atoms with van der Waals surface area (Å²) in [7, 11) is 0. The molecule has 2 aromatic rings. The normalized spacial score (nSPS) is 13.2. The minimum atomic E-state index is -1.19. The highest BCUT2D eigenvalue weighted by Gasteiger charge is 2.29. The quantitative estimate of drug-likeness (QED) is 0.621. The number of hydrogen-bond donors (Lipinski definition) is 0. The van der Waals surface area contributed by atoms with E-state index in [-0.39, 0.29) is 34.7 Å². The predicted molar refractivity (Wildman–Crippen MR) is 94.0 cm³/mol. The van der Waals surface area contributed by atoms with E-state index in [0.717, 1.165) is 18.9 Å². The van der Waals surface area contributed by atoms with E-state index in [2.05, 4.69) is 18.4 Å². The van der Waals surface area contributed by atoms with Crippen molar-refractivity contribution in [1.29, 1.82) is 0 Å². The van der Waals surface area contributed by atoms with Crippen molar-refractivity contribution in [2.45, 2.75) is 32.7 Å². The Morgan fingerprint density at radius 3 is 2.69 bits per heavy atom. The van der Waals surface area contributed by atoms with E-state index in [1.165, 1.54) is 6.20 Å². The van der Waals surface area contributed by atoms with Crippen LogP contribution in [-0.2, 0) is 4.74 Å². The topological polar surface area (TPSA) is 48.3 Å². The zero-order valence-electron chi connectivity index (χ0n) is 14.5. The molecule has 134 valence electrons. The summed E-state index contributed by atoms with van der Waals surface area (Å²) in [5.41, 5.74) is -0.436. The summed E-state index contributed by atoms with van der Waals surface area (Å²) >= 11 is 0. The highest BCUT2D eigenvalue weighted by Crippen LogP contribution is 2.38. The smallest absolute Gasteiger partial charge is 0.343 e. The lowest BCUT2D eigenvalue weighted by Gasteiger charge is -2.14. The van der Waals surface area contributed by atoms with Crippen molar-refractivity contribution in [3.05, 3.63) is 57.4 Å². The third kappa shape index (κ3) is 3.13. The number of pyridine rings is 1. The molecule has 0 atom stereocenters. The first kappa shape index (κ1) is 17.9. The van der Waals surface area contributed by atoms with Crippen LogP contribution in [0.25, 0.3) is 10.9 Å². The first-order chi connectivity index (χ1) is 12.3. The van der Waals surface area contributed by atoms with Gasteiger partial charge in [0.05, 0.1) is 23.1 Å². The highest BCUT2D eigenvalue weighted by molar-refractivity contribution is 5.95. The van der Waals surface area contributed by atoms with Crippen LogP contribution in [0.1, 0.15) is 48.7 Å². The van der Waals surface area contributed by atoms with Gasteiger partial charge < -0.3 is 9.30 Å². The number of esters is 1. The number of fused-ring (bicyclic) bond motifs is 1. The lowest BCUT2D eigenvalue weighted by Crippen LogP contribution is -2.22. The first-order valence-corrected chi connectivity index (χ1v) is 8.26. The van der Waals surface area contributed by atoms with Crippen molar-refractivity contribution in [1.82, 2.24) is 4.57 Å². The van der Waals surface area contributed by atoms with Crippen LogP contribution in [0.3, 0.4) is 0 Å². The molecule has 0 amide bonds. The van der Waals surface area contributed by atoms with Crippen LogP contribution in [-0.4, -0.2) is 17.1 Å². The van der Waals surface area contributed by atoms with Crippen LogP contribution in [0.5, 0.6) is 0 Å². The van der Waals surface area contributed by atoms with Crippen LogP contribution < -0.4 is 5.43 Å². The van der Waals surface area contributed by atoms with Gasteiger partial charge >= 0.3 is 5.97 Å². The van der Waals surface area contributed by atoms with Gasteiger partial charge in [-0.3, -0.25) is 4.79 Å². The third-order valence-electron chi connectivity index (χ3n) is 4.04. The Bertz CT molecular complexity index is 1050. The summed E-state index contributed by atoms with van der Waals surface area (Å²) in [6.45, 7) is 6.99. The van der Waals surface area contributed by atoms with Gasteiger partial charge in [0.15, 0.2) is 11.6 Å². The lowest BCUT2D eigenvalue weighted by molar-refractivity contribution is 0.0524. The molecule has 0 saturated heterocycles. The maximum Gasteiger partial charge on any atom is 0.343 e. The molecule has 1 aromatic heterocycles. The number of halogens is 2. The molecule has 1 saturated carbocycles. The van der Waals surface area contributed by atoms with Gasteiger partial charge in [0.2, 0.25) is 5.43 Å². The van der Waals surface area contributed by atoms with Gasteiger partial charge in [-0.1, -0.05) is 18.4 Å². The summed E-state index contributed by atoms with van der Waals surface area (Å²) in [5, 5.41) is -0.0904. The summed E-state index contributed by atoms with van der Waals surface area (Å²) < 4.78 is 35.1. The molecule has 0 aliphatic heterocycles. The molecule has 4 nitrogen and oxygen atoms in total. The molecule has 0 bridgehead atoms. The van der Waals surface area contributed by atoms with Crippen molar-refractivity contribution in [2.24, 2.45) is 0 Å². The Morgan fingerprint density at radius 1 is 1.42 bits per heavy atom. The second-order valence-electron chi connectivity index (χ2n) is 6.20. The Hall–Kier alpha value is -2.94. The molecule has 3 rings (SSSR count). The minimum absolute atomic E-state index is 0.00140. The fourth-order valence-corrected chi connectivity index (χ4v) is 2.74. The number of hydrogen-bond acceptors (Lipinski definition) is 3. The van der Waals surface area contributed by atoms with Gasteiger partial charge in [-0.05, 0) is 38.3 Å². The van der Waals surface area contributed by atoms with Crippen LogP contribution in [0.4, 0.5) is 8.78 Å². The van der Waals surface area contributed by atoms with Gasteiger partial charge in [0, 0.05) is 12.2 Å². The minimum Gasteiger partial charge on any atom is -0.462 e. The third-order valence-corrected chi connectivity index (χ3v) is 4.04. The van der Waals surface area contributed by atoms with Crippen molar-refractivity contribution < 1.29 is 18.3 Å². The maximum absolute atomic E-state index is 14.4. The van der Waals surface area contributed by atoms with Crippen LogP contribution in [0.15, 0.2) is 29.2 Å². The van der Waals surface area contributed by atoms with E-state index in [1.807, 2.05) is 0 Å². The van der Waals surface area contributed by atoms with E-state index in [4.69, 9.17) is 4.74 Å². The molecule has 0 spiro atoms. The molecule has 6 heteroatoms. The highest BCUT2D eigenvalue weighted by atomic mass is 19.2. The molecule has 1 aromatic carbocycles. The number of nitrogens with zero attached hydrogens (tertiary/aromatic N) is 1. The Morgan fingerprint density at radius 2 is 2.12 bits per heavy atom. The number of benzene rings is 1. The molecule has 0 radical (unpaired) electrons. The second kappa shape index (κ2) is 6.75. The van der Waals surface area contributed by atoms with Gasteiger partial charge in [-0.15, -0.1) is 0 Å². The average molecular weight is 357 g/mol. The zero-order valence-corrected chi connectivity index (χ0v) is 14.5. The van der Waals surface area contributed by atoms with Gasteiger partial charge in [-0.2, -0.15) is 0 Å². The molecule has 1 heterocycles. The van der Waals surface area contributed by atoms with E-state index in [1.54, 1.807) is 18.4 Å². The van der Waals surface area contributed by atoms with Gasteiger partial charge in [-0.25, -0.2) is 13.6 Å². The van der Waals surface area contributed by atoms with Crippen molar-refractivity contribution in [2.75, 3.05) is 6.61 Å². The Kier molecular flexibility index (Phi) is 4.64. The second-order valence-corrected chi connectivity index (χ2v) is 6.20. The van der Waals surface area contributed by atoms with Crippen molar-refractivity contribution in [3.8, 4) is 11.8 Å². The SMILES string of the molecule is C=C(C)C#Cc1c(F)c(F)cc2c(=O)c(C(=O)OCC)cn(C3CC3)c12. The summed E-state index contributed by atoms with van der Waals surface area (Å²) in [6.07, 6.45) is 2.99. The number of ether oxygens (including phenoxy) is 1. The molecule has 26 heavy (non-hydrogen) atoms. The lowest BCUT2D eigenvalue weighted by atomic mass is 10.0. The van der Waals surface area contributed by atoms with E-state index >= 15 is 0 Å². The van der Waals surface area contributed by atoms with Crippen LogP contribution in [0, 0.1) is 23.5 Å². The molecule has 0 N–H and O–H groups in total. The molecule has 1 aliphatic rings. The Balaban J connectivity index is 2.42. The molecular formula is C20H17F2NO3. The fourth-order valence-electron chi connectivity index (χ4n) is 2.74. The van der Waals surface area contributed by atoms with Gasteiger partial charge in [0.1, 0.15) is 5.56 Å². The molecule has 1 fully saturated rings. The molecule has 1 aliphatic carbocycles. The molecule has 0 unspecified atom stereocenters. The summed E-state index contributed by atoms with van der Waals surface area (Å²) in [6, 6.07) is 0.821. The summed E-state index contributed by atoms with van der Waals surface area (Å²) in [5.74, 6) is 2.11. The van der Waals surface area contributed by atoms with Crippen molar-refractivity contribution >= 4 is 16.9 Å². The first-order valence-electron chi connectivity index (χ1n) is 8.26. The van der Waals surface area contributed by atoms with E-state index in [9.17, 15) is 18.4 Å². The van der Waals surface area contributed by atoms with Crippen LogP contribution >= 0.6 is 0 Å². The monoisotopic (exact) mass is 357 g/mol. The number of aromatic nitrogens is 1. The number of allylic oxidation sites excluding steroid dienone is 1. The number of carbonyl (C=O) groups is 1. The van der Waals surface area contributed by atoms with Crippen molar-refractivity contribution in [3.63, 3.8) is 0 Å². The average Bonchev–Trinajstić information content (AvgIpc) is 3.41. The molecular weight excluding hydrogens is 340 g/mol. The summed E-state index contributed by atoms with van der Waals surface area (Å²) in [4.78, 5) is 24.8. The van der Waals surface area contributed by atoms with E-state index < -0.39 is 23.0 Å². The number of carbonyl (C=O) groups excluding carboxylic acids is 1. The zero-order chi connectivity index (χ0) is 19.0. The number of rotatable bonds is 3. The van der Waals surface area contributed by atoms with E-state index in [0.29, 0.717) is 5.57 Å². The van der Waals surface area contributed by atoms with Gasteiger partial charge in [0.25, 0.3) is 0 Å². The van der Waals surface area contributed by atoms with Crippen LogP contribution in [0.2, 0.25) is 0 Å². The fraction of sp³-hybridized carbons (Fsp3) is 0.300.